The summed E-state index contributed by atoms with van der Waals surface area (Å²) < 4.78 is 0. The van der Waals surface area contributed by atoms with Crippen LogP contribution in [0.3, 0.4) is 0 Å². The highest BCUT2D eigenvalue weighted by molar-refractivity contribution is 5.04. The fraction of sp³-hybridized carbons (Fsp3) is 0.778. The van der Waals surface area contributed by atoms with Crippen molar-refractivity contribution in [3.63, 3.8) is 0 Å². The molecule has 0 aromatic rings. The summed E-state index contributed by atoms with van der Waals surface area (Å²) in [6.07, 6.45) is 4.03. The van der Waals surface area contributed by atoms with Crippen molar-refractivity contribution in [2.24, 2.45) is 0 Å². The zero-order chi connectivity index (χ0) is 8.43. The first-order chi connectivity index (χ1) is 5.15. The number of rotatable bonds is 1. The van der Waals surface area contributed by atoms with Gasteiger partial charge < -0.3 is 4.90 Å². The van der Waals surface area contributed by atoms with Gasteiger partial charge in [-0.25, -0.2) is 0 Å². The van der Waals surface area contributed by atoms with Crippen molar-refractivity contribution >= 4 is 0 Å². The molecule has 1 aliphatic rings. The number of hydrogen-bond donors (Lipinski definition) is 0. The van der Waals surface area contributed by atoms with E-state index in [2.05, 4.69) is 43.9 Å². The van der Waals surface area contributed by atoms with E-state index in [0.29, 0.717) is 6.17 Å². The molecule has 0 amide bonds. The molecule has 1 atom stereocenters. The number of nitrogens with zero attached hydrogens (tertiary/aromatic N) is 2. The van der Waals surface area contributed by atoms with Gasteiger partial charge in [-0.05, 0) is 26.0 Å². The Kier molecular flexibility index (Phi) is 2.55. The second-order valence-corrected chi connectivity index (χ2v) is 3.44. The van der Waals surface area contributed by atoms with Gasteiger partial charge in [-0.3, -0.25) is 4.90 Å². The number of likely N-dealkylation sites (N-methyl/N-ethyl adjacent to an activating group) is 1. The van der Waals surface area contributed by atoms with E-state index >= 15 is 0 Å². The Labute approximate surface area is 69.5 Å². The van der Waals surface area contributed by atoms with E-state index in [1.165, 1.54) is 12.0 Å². The van der Waals surface area contributed by atoms with Crippen LogP contribution in [0.2, 0.25) is 0 Å². The third-order valence-electron chi connectivity index (χ3n) is 2.27. The molecule has 2 nitrogen and oxygen atoms in total. The van der Waals surface area contributed by atoms with E-state index in [1.807, 2.05) is 0 Å². The maximum atomic E-state index is 2.38. The Morgan fingerprint density at radius 1 is 1.55 bits per heavy atom. The summed E-state index contributed by atoms with van der Waals surface area (Å²) in [6.45, 7) is 5.52. The Hall–Kier alpha value is -0.500. The monoisotopic (exact) mass is 154 g/mol. The summed E-state index contributed by atoms with van der Waals surface area (Å²) in [5, 5.41) is 0. The van der Waals surface area contributed by atoms with Gasteiger partial charge in [0.1, 0.15) is 0 Å². The van der Waals surface area contributed by atoms with Crippen LogP contribution < -0.4 is 0 Å². The van der Waals surface area contributed by atoms with Crippen LogP contribution in [-0.2, 0) is 0 Å². The van der Waals surface area contributed by atoms with E-state index in [9.17, 15) is 0 Å². The lowest BCUT2D eigenvalue weighted by atomic mass is 10.2. The van der Waals surface area contributed by atoms with E-state index < -0.39 is 0 Å². The van der Waals surface area contributed by atoms with Crippen LogP contribution >= 0.6 is 0 Å². The van der Waals surface area contributed by atoms with Gasteiger partial charge in [-0.2, -0.15) is 0 Å². The molecule has 64 valence electrons. The Balaban J connectivity index is 2.69. The molecular formula is C9H18N2. The average molecular weight is 154 g/mol. The van der Waals surface area contributed by atoms with Crippen molar-refractivity contribution in [2.75, 3.05) is 20.6 Å². The lowest BCUT2D eigenvalue weighted by Crippen LogP contribution is -2.45. The molecule has 0 fully saturated rings. The zero-order valence-electron chi connectivity index (χ0n) is 7.96. The molecule has 1 aliphatic heterocycles. The fourth-order valence-corrected chi connectivity index (χ4v) is 1.88. The normalized spacial score (nSPS) is 27.1. The number of hydrogen-bond acceptors (Lipinski definition) is 2. The van der Waals surface area contributed by atoms with Crippen LogP contribution in [0.5, 0.6) is 0 Å². The van der Waals surface area contributed by atoms with Crippen LogP contribution in [0.1, 0.15) is 20.3 Å². The van der Waals surface area contributed by atoms with E-state index in [0.717, 1.165) is 6.54 Å². The van der Waals surface area contributed by atoms with Gasteiger partial charge in [0.2, 0.25) is 0 Å². The molecule has 0 bridgehead atoms. The van der Waals surface area contributed by atoms with Gasteiger partial charge in [-0.1, -0.05) is 6.92 Å². The topological polar surface area (TPSA) is 6.48 Å². The third-order valence-corrected chi connectivity index (χ3v) is 2.27. The minimum Gasteiger partial charge on any atom is -0.365 e. The maximum absolute atomic E-state index is 2.38. The lowest BCUT2D eigenvalue weighted by Gasteiger charge is -2.38. The van der Waals surface area contributed by atoms with Crippen LogP contribution in [0.4, 0.5) is 0 Å². The second kappa shape index (κ2) is 3.26. The van der Waals surface area contributed by atoms with Gasteiger partial charge >= 0.3 is 0 Å². The Morgan fingerprint density at radius 3 is 2.64 bits per heavy atom. The van der Waals surface area contributed by atoms with Gasteiger partial charge in [0.05, 0.1) is 6.17 Å². The molecule has 1 rings (SSSR count). The molecule has 0 saturated carbocycles. The highest BCUT2D eigenvalue weighted by Crippen LogP contribution is 2.15. The van der Waals surface area contributed by atoms with Crippen molar-refractivity contribution < 1.29 is 0 Å². The minimum atomic E-state index is 0.596. The van der Waals surface area contributed by atoms with Crippen molar-refractivity contribution in [1.82, 2.24) is 9.80 Å². The van der Waals surface area contributed by atoms with Crippen molar-refractivity contribution in [1.29, 1.82) is 0 Å². The molecule has 0 radical (unpaired) electrons. The molecule has 2 heteroatoms. The summed E-state index contributed by atoms with van der Waals surface area (Å²) in [5.41, 5.74) is 1.44. The molecule has 0 spiro atoms. The first-order valence-electron chi connectivity index (χ1n) is 4.24. The summed E-state index contributed by atoms with van der Waals surface area (Å²) in [5.74, 6) is 0. The highest BCUT2D eigenvalue weighted by Gasteiger charge is 2.19. The van der Waals surface area contributed by atoms with Crippen LogP contribution in [0.15, 0.2) is 11.8 Å². The zero-order valence-corrected chi connectivity index (χ0v) is 7.96. The minimum absolute atomic E-state index is 0.596. The molecule has 0 N–H and O–H groups in total. The molecular weight excluding hydrogens is 136 g/mol. The predicted octanol–water partition coefficient (Wildman–Crippen LogP) is 1.50. The summed E-state index contributed by atoms with van der Waals surface area (Å²) in [6, 6.07) is 0. The smallest absolute Gasteiger partial charge is 0.0809 e. The highest BCUT2D eigenvalue weighted by atomic mass is 15.3. The largest absolute Gasteiger partial charge is 0.365 e. The van der Waals surface area contributed by atoms with E-state index in [-0.39, 0.29) is 0 Å². The molecule has 11 heavy (non-hydrogen) atoms. The molecule has 1 unspecified atom stereocenters. The lowest BCUT2D eigenvalue weighted by molar-refractivity contribution is 0.109. The van der Waals surface area contributed by atoms with Crippen LogP contribution in [-0.4, -0.2) is 36.6 Å². The van der Waals surface area contributed by atoms with Crippen LogP contribution in [0.25, 0.3) is 0 Å². The van der Waals surface area contributed by atoms with Crippen molar-refractivity contribution in [3.8, 4) is 0 Å². The van der Waals surface area contributed by atoms with E-state index in [1.54, 1.807) is 0 Å². The molecule has 0 saturated heterocycles. The van der Waals surface area contributed by atoms with E-state index in [4.69, 9.17) is 0 Å². The standard InChI is InChI=1S/C9H18N2/c1-5-9-10(3)6-8(2)7-11(9)4/h6,9H,5,7H2,1-4H3. The van der Waals surface area contributed by atoms with Gasteiger partial charge in [0, 0.05) is 19.8 Å². The SMILES string of the molecule is CCC1N(C)C=C(C)CN1C. The molecule has 1 heterocycles. The second-order valence-electron chi connectivity index (χ2n) is 3.44. The molecule has 0 aromatic carbocycles. The Morgan fingerprint density at radius 2 is 2.18 bits per heavy atom. The first kappa shape index (κ1) is 8.60. The summed E-state index contributed by atoms with van der Waals surface area (Å²) in [7, 11) is 4.33. The van der Waals surface area contributed by atoms with Crippen LogP contribution in [0, 0.1) is 0 Å². The van der Waals surface area contributed by atoms with Crippen molar-refractivity contribution in [3.05, 3.63) is 11.8 Å². The third kappa shape index (κ3) is 1.74. The molecule has 0 aromatic heterocycles. The summed E-state index contributed by atoms with van der Waals surface area (Å²) in [4.78, 5) is 4.67. The van der Waals surface area contributed by atoms with Crippen molar-refractivity contribution in [2.45, 2.75) is 26.4 Å². The Bertz CT molecular complexity index is 163. The van der Waals surface area contributed by atoms with Gasteiger partial charge in [-0.15, -0.1) is 0 Å². The summed E-state index contributed by atoms with van der Waals surface area (Å²) >= 11 is 0. The average Bonchev–Trinajstić information content (AvgIpc) is 1.85. The van der Waals surface area contributed by atoms with Gasteiger partial charge in [0.15, 0.2) is 0 Å². The quantitative estimate of drug-likeness (QED) is 0.565. The predicted molar refractivity (Wildman–Crippen MR) is 48.2 cm³/mol. The molecule has 0 aliphatic carbocycles. The maximum Gasteiger partial charge on any atom is 0.0809 e. The fourth-order valence-electron chi connectivity index (χ4n) is 1.88. The first-order valence-corrected chi connectivity index (χ1v) is 4.24. The van der Waals surface area contributed by atoms with Gasteiger partial charge in [0.25, 0.3) is 0 Å².